The van der Waals surface area contributed by atoms with Crippen molar-refractivity contribution in [2.24, 2.45) is 5.73 Å². The van der Waals surface area contributed by atoms with Crippen LogP contribution in [0.4, 0.5) is 0 Å². The minimum Gasteiger partial charge on any atom is -0.455 e. The van der Waals surface area contributed by atoms with Crippen molar-refractivity contribution in [3.05, 3.63) is 53.9 Å². The summed E-state index contributed by atoms with van der Waals surface area (Å²) in [6.45, 7) is 4.06. The fourth-order valence-electron chi connectivity index (χ4n) is 1.68. The van der Waals surface area contributed by atoms with Crippen molar-refractivity contribution in [3.63, 3.8) is 0 Å². The van der Waals surface area contributed by atoms with E-state index in [0.29, 0.717) is 0 Å². The summed E-state index contributed by atoms with van der Waals surface area (Å²) in [5.74, 6) is 1.59. The van der Waals surface area contributed by atoms with E-state index in [1.165, 1.54) is 0 Å². The van der Waals surface area contributed by atoms with Gasteiger partial charge in [-0.25, -0.2) is 0 Å². The number of pyridine rings is 1. The normalized spacial score (nSPS) is 12.2. The number of aromatic nitrogens is 1. The highest BCUT2D eigenvalue weighted by Crippen LogP contribution is 2.24. The molecule has 3 nitrogen and oxygen atoms in total. The predicted octanol–water partition coefficient (Wildman–Crippen LogP) is 3.59. The van der Waals surface area contributed by atoms with Crippen molar-refractivity contribution in [2.75, 3.05) is 0 Å². The monoisotopic (exact) mass is 242 g/mol. The van der Waals surface area contributed by atoms with Gasteiger partial charge in [0.1, 0.15) is 11.5 Å². The molecule has 0 bridgehead atoms. The van der Waals surface area contributed by atoms with E-state index in [9.17, 15) is 0 Å². The maximum Gasteiger partial charge on any atom is 0.145 e. The molecule has 0 amide bonds. The van der Waals surface area contributed by atoms with Crippen LogP contribution in [-0.4, -0.2) is 4.98 Å². The number of nitrogens with zero attached hydrogens (tertiary/aromatic N) is 1. The summed E-state index contributed by atoms with van der Waals surface area (Å²) < 4.78 is 5.77. The lowest BCUT2D eigenvalue weighted by Gasteiger charge is -2.10. The summed E-state index contributed by atoms with van der Waals surface area (Å²) in [5, 5.41) is 0. The first-order chi connectivity index (χ1) is 8.70. The van der Waals surface area contributed by atoms with Crippen LogP contribution in [0.15, 0.2) is 42.6 Å². The molecule has 1 atom stereocenters. The van der Waals surface area contributed by atoms with Gasteiger partial charge in [-0.3, -0.25) is 4.98 Å². The number of hydrogen-bond acceptors (Lipinski definition) is 3. The molecule has 2 rings (SSSR count). The molecule has 94 valence electrons. The quantitative estimate of drug-likeness (QED) is 0.891. The molecule has 1 aromatic heterocycles. The van der Waals surface area contributed by atoms with Crippen molar-refractivity contribution >= 4 is 0 Å². The van der Waals surface area contributed by atoms with E-state index in [-0.39, 0.29) is 6.04 Å². The maximum absolute atomic E-state index is 5.92. The van der Waals surface area contributed by atoms with Crippen LogP contribution in [0.25, 0.3) is 0 Å². The second-order valence-electron chi connectivity index (χ2n) is 4.30. The average Bonchev–Trinajstić information content (AvgIpc) is 2.41. The largest absolute Gasteiger partial charge is 0.455 e. The van der Waals surface area contributed by atoms with Gasteiger partial charge in [-0.15, -0.1) is 0 Å². The molecule has 2 N–H and O–H groups in total. The van der Waals surface area contributed by atoms with Crippen molar-refractivity contribution in [1.29, 1.82) is 0 Å². The van der Waals surface area contributed by atoms with Crippen molar-refractivity contribution < 1.29 is 4.74 Å². The third kappa shape index (κ3) is 2.87. The molecule has 0 radical (unpaired) electrons. The summed E-state index contributed by atoms with van der Waals surface area (Å²) >= 11 is 0. The van der Waals surface area contributed by atoms with E-state index in [2.05, 4.69) is 4.98 Å². The Kier molecular flexibility index (Phi) is 3.95. The molecule has 2 aromatic rings. The van der Waals surface area contributed by atoms with E-state index in [1.807, 2.05) is 50.2 Å². The fraction of sp³-hybridized carbons (Fsp3) is 0.267. The lowest BCUT2D eigenvalue weighted by molar-refractivity contribution is 0.475. The number of benzene rings is 1. The third-order valence-corrected chi connectivity index (χ3v) is 2.90. The Morgan fingerprint density at radius 3 is 2.61 bits per heavy atom. The Bertz CT molecular complexity index is 508. The highest BCUT2D eigenvalue weighted by molar-refractivity contribution is 5.36. The number of ether oxygens (including phenoxy) is 1. The summed E-state index contributed by atoms with van der Waals surface area (Å²) in [7, 11) is 0. The zero-order valence-corrected chi connectivity index (χ0v) is 10.8. The first kappa shape index (κ1) is 12.6. The van der Waals surface area contributed by atoms with Crippen LogP contribution in [0.5, 0.6) is 11.5 Å². The first-order valence-corrected chi connectivity index (χ1v) is 6.15. The lowest BCUT2D eigenvalue weighted by Crippen LogP contribution is -2.10. The van der Waals surface area contributed by atoms with Crippen molar-refractivity contribution in [3.8, 4) is 11.5 Å². The van der Waals surface area contributed by atoms with Gasteiger partial charge in [0.05, 0.1) is 11.9 Å². The van der Waals surface area contributed by atoms with Gasteiger partial charge in [-0.05, 0) is 37.1 Å². The predicted molar refractivity (Wildman–Crippen MR) is 72.7 cm³/mol. The summed E-state index contributed by atoms with van der Waals surface area (Å²) in [4.78, 5) is 4.33. The average molecular weight is 242 g/mol. The smallest absolute Gasteiger partial charge is 0.145 e. The van der Waals surface area contributed by atoms with E-state index >= 15 is 0 Å². The minimum absolute atomic E-state index is 0.00230. The van der Waals surface area contributed by atoms with Gasteiger partial charge in [-0.2, -0.15) is 0 Å². The van der Waals surface area contributed by atoms with Gasteiger partial charge in [0.25, 0.3) is 0 Å². The van der Waals surface area contributed by atoms with Crippen LogP contribution < -0.4 is 10.5 Å². The number of aryl methyl sites for hydroxylation is 1. The summed E-state index contributed by atoms with van der Waals surface area (Å²) in [5.41, 5.74) is 7.92. The Hall–Kier alpha value is -1.87. The molecule has 1 aromatic carbocycles. The molecule has 0 saturated carbocycles. The van der Waals surface area contributed by atoms with Gasteiger partial charge in [-0.1, -0.05) is 25.1 Å². The Balaban J connectivity index is 2.14. The zero-order valence-electron chi connectivity index (χ0n) is 10.8. The molecule has 0 aliphatic carbocycles. The van der Waals surface area contributed by atoms with Crippen molar-refractivity contribution in [2.45, 2.75) is 26.3 Å². The van der Waals surface area contributed by atoms with Gasteiger partial charge >= 0.3 is 0 Å². The molecule has 1 heterocycles. The fourth-order valence-corrected chi connectivity index (χ4v) is 1.68. The molecular formula is C15H18N2O. The Morgan fingerprint density at radius 2 is 2.00 bits per heavy atom. The van der Waals surface area contributed by atoms with Crippen LogP contribution in [-0.2, 0) is 0 Å². The van der Waals surface area contributed by atoms with Crippen LogP contribution in [0.1, 0.15) is 30.6 Å². The standard InChI is InChI=1S/C15H18N2O/c1-3-13(16)14-9-8-12(10-17-14)18-15-7-5-4-6-11(15)2/h4-10,13H,3,16H2,1-2H3. The number of hydrogen-bond donors (Lipinski definition) is 1. The van der Waals surface area contributed by atoms with Crippen molar-refractivity contribution in [1.82, 2.24) is 4.98 Å². The van der Waals surface area contributed by atoms with Gasteiger partial charge in [0.2, 0.25) is 0 Å². The highest BCUT2D eigenvalue weighted by Gasteiger charge is 2.05. The molecule has 0 aliphatic heterocycles. The number of para-hydroxylation sites is 1. The Labute approximate surface area is 108 Å². The molecule has 0 spiro atoms. The molecule has 0 aliphatic rings. The number of rotatable bonds is 4. The van der Waals surface area contributed by atoms with Crippen LogP contribution in [0, 0.1) is 6.92 Å². The zero-order chi connectivity index (χ0) is 13.0. The van der Waals surface area contributed by atoms with Gasteiger partial charge < -0.3 is 10.5 Å². The van der Waals surface area contributed by atoms with E-state index < -0.39 is 0 Å². The third-order valence-electron chi connectivity index (χ3n) is 2.90. The Morgan fingerprint density at radius 1 is 1.22 bits per heavy atom. The van der Waals surface area contributed by atoms with E-state index in [4.69, 9.17) is 10.5 Å². The minimum atomic E-state index is -0.00230. The van der Waals surface area contributed by atoms with E-state index in [1.54, 1.807) is 6.20 Å². The first-order valence-electron chi connectivity index (χ1n) is 6.15. The highest BCUT2D eigenvalue weighted by atomic mass is 16.5. The number of nitrogens with two attached hydrogens (primary N) is 1. The van der Waals surface area contributed by atoms with Gasteiger partial charge in [0.15, 0.2) is 0 Å². The van der Waals surface area contributed by atoms with Crippen LogP contribution in [0.2, 0.25) is 0 Å². The lowest BCUT2D eigenvalue weighted by atomic mass is 10.1. The SMILES string of the molecule is CCC(N)c1ccc(Oc2ccccc2C)cn1. The topological polar surface area (TPSA) is 48.1 Å². The van der Waals surface area contributed by atoms with Crippen LogP contribution in [0.3, 0.4) is 0 Å². The molecule has 18 heavy (non-hydrogen) atoms. The van der Waals surface area contributed by atoms with Crippen LogP contribution >= 0.6 is 0 Å². The summed E-state index contributed by atoms with van der Waals surface area (Å²) in [6.07, 6.45) is 2.60. The second kappa shape index (κ2) is 5.65. The van der Waals surface area contributed by atoms with E-state index in [0.717, 1.165) is 29.2 Å². The molecule has 3 heteroatoms. The molecular weight excluding hydrogens is 224 g/mol. The molecule has 1 unspecified atom stereocenters. The summed E-state index contributed by atoms with van der Waals surface area (Å²) in [6, 6.07) is 11.7. The second-order valence-corrected chi connectivity index (χ2v) is 4.30. The molecule has 0 saturated heterocycles. The maximum atomic E-state index is 5.92. The van der Waals surface area contributed by atoms with Gasteiger partial charge in [0, 0.05) is 6.04 Å². The molecule has 0 fully saturated rings.